The highest BCUT2D eigenvalue weighted by Crippen LogP contribution is 2.23. The van der Waals surface area contributed by atoms with Crippen molar-refractivity contribution in [1.29, 1.82) is 0 Å². The van der Waals surface area contributed by atoms with Crippen molar-refractivity contribution in [2.75, 3.05) is 5.32 Å². The van der Waals surface area contributed by atoms with E-state index in [2.05, 4.69) is 5.32 Å². The number of carbonyl (C=O) groups excluding carboxylic acids is 1. The number of carbonyl (C=O) groups is 1. The molecular weight excluding hydrogens is 312 g/mol. The molecule has 1 amide bonds. The number of hydrogen-bond donors (Lipinski definition) is 2. The molecule has 0 heterocycles. The number of rotatable bonds is 5. The molecular formula is C17H20N2O3S. The van der Waals surface area contributed by atoms with Crippen molar-refractivity contribution in [2.45, 2.75) is 36.1 Å². The van der Waals surface area contributed by atoms with E-state index in [0.29, 0.717) is 12.1 Å². The van der Waals surface area contributed by atoms with Crippen molar-refractivity contribution in [1.82, 2.24) is 0 Å². The fourth-order valence-electron chi connectivity index (χ4n) is 2.01. The number of nitrogens with one attached hydrogen (secondary N) is 1. The van der Waals surface area contributed by atoms with Gasteiger partial charge in [0, 0.05) is 5.69 Å². The highest BCUT2D eigenvalue weighted by molar-refractivity contribution is 7.91. The maximum Gasteiger partial charge on any atom is 0.241 e. The molecule has 0 aliphatic carbocycles. The molecule has 0 spiro atoms. The zero-order chi connectivity index (χ0) is 17.0. The third-order valence-corrected chi connectivity index (χ3v) is 5.29. The molecule has 2 aromatic rings. The summed E-state index contributed by atoms with van der Waals surface area (Å²) >= 11 is 0. The predicted molar refractivity (Wildman–Crippen MR) is 90.0 cm³/mol. The lowest BCUT2D eigenvalue weighted by Gasteiger charge is -2.11. The van der Waals surface area contributed by atoms with Crippen molar-refractivity contribution in [3.8, 4) is 0 Å². The third-order valence-electron chi connectivity index (χ3n) is 3.52. The van der Waals surface area contributed by atoms with Crippen LogP contribution in [-0.4, -0.2) is 20.4 Å². The molecule has 0 radical (unpaired) electrons. The molecule has 3 N–H and O–H groups in total. The van der Waals surface area contributed by atoms with Crippen LogP contribution in [0, 0.1) is 6.92 Å². The Labute approximate surface area is 136 Å². The van der Waals surface area contributed by atoms with Crippen LogP contribution in [0.1, 0.15) is 18.9 Å². The maximum absolute atomic E-state index is 12.6. The van der Waals surface area contributed by atoms with Gasteiger partial charge in [0.1, 0.15) is 0 Å². The quantitative estimate of drug-likeness (QED) is 0.880. The van der Waals surface area contributed by atoms with Crippen molar-refractivity contribution in [3.63, 3.8) is 0 Å². The van der Waals surface area contributed by atoms with Crippen LogP contribution in [0.5, 0.6) is 0 Å². The first kappa shape index (κ1) is 17.2. The molecule has 2 rings (SSSR count). The fourth-order valence-corrected chi connectivity index (χ4v) is 3.32. The van der Waals surface area contributed by atoms with Gasteiger partial charge in [0.25, 0.3) is 0 Å². The SMILES string of the molecule is CCC(N)C(=O)Nc1cccc(S(=O)(=O)c2ccc(C)cc2)c1. The number of sulfone groups is 1. The molecule has 0 fully saturated rings. The summed E-state index contributed by atoms with van der Waals surface area (Å²) in [6, 6.07) is 12.2. The monoisotopic (exact) mass is 332 g/mol. The second kappa shape index (κ2) is 6.93. The van der Waals surface area contributed by atoms with E-state index in [1.54, 1.807) is 36.4 Å². The van der Waals surface area contributed by atoms with E-state index in [1.807, 2.05) is 13.8 Å². The number of anilines is 1. The lowest BCUT2D eigenvalue weighted by Crippen LogP contribution is -2.34. The number of benzene rings is 2. The van der Waals surface area contributed by atoms with Gasteiger partial charge < -0.3 is 11.1 Å². The molecule has 122 valence electrons. The first-order valence-electron chi connectivity index (χ1n) is 7.33. The summed E-state index contributed by atoms with van der Waals surface area (Å²) in [5.41, 5.74) is 7.06. The number of amides is 1. The zero-order valence-electron chi connectivity index (χ0n) is 13.1. The van der Waals surface area contributed by atoms with Crippen molar-refractivity contribution in [3.05, 3.63) is 54.1 Å². The minimum atomic E-state index is -3.62. The van der Waals surface area contributed by atoms with E-state index in [4.69, 9.17) is 5.73 Å². The normalized spacial score (nSPS) is 12.7. The van der Waals surface area contributed by atoms with Gasteiger partial charge in [-0.05, 0) is 43.7 Å². The number of aryl methyl sites for hydroxylation is 1. The molecule has 23 heavy (non-hydrogen) atoms. The number of hydrogen-bond acceptors (Lipinski definition) is 4. The summed E-state index contributed by atoms with van der Waals surface area (Å²) < 4.78 is 25.3. The Hall–Kier alpha value is -2.18. The van der Waals surface area contributed by atoms with Crippen molar-refractivity contribution < 1.29 is 13.2 Å². The Bertz CT molecular complexity index is 799. The zero-order valence-corrected chi connectivity index (χ0v) is 13.9. The third kappa shape index (κ3) is 3.97. The molecule has 2 aromatic carbocycles. The average molecular weight is 332 g/mol. The van der Waals surface area contributed by atoms with E-state index in [0.717, 1.165) is 5.56 Å². The smallest absolute Gasteiger partial charge is 0.241 e. The van der Waals surface area contributed by atoms with Crippen LogP contribution < -0.4 is 11.1 Å². The minimum Gasteiger partial charge on any atom is -0.325 e. The summed E-state index contributed by atoms with van der Waals surface area (Å²) in [4.78, 5) is 12.2. The Balaban J connectivity index is 2.32. The van der Waals surface area contributed by atoms with Gasteiger partial charge >= 0.3 is 0 Å². The second-order valence-electron chi connectivity index (χ2n) is 5.35. The van der Waals surface area contributed by atoms with Crippen LogP contribution in [0.15, 0.2) is 58.3 Å². The van der Waals surface area contributed by atoms with Gasteiger partial charge in [0.2, 0.25) is 15.7 Å². The Morgan fingerprint density at radius 3 is 2.39 bits per heavy atom. The van der Waals surface area contributed by atoms with E-state index in [-0.39, 0.29) is 15.7 Å². The van der Waals surface area contributed by atoms with Crippen LogP contribution in [0.2, 0.25) is 0 Å². The lowest BCUT2D eigenvalue weighted by atomic mass is 10.2. The molecule has 5 nitrogen and oxygen atoms in total. The van der Waals surface area contributed by atoms with Crippen molar-refractivity contribution >= 4 is 21.4 Å². The Morgan fingerprint density at radius 2 is 1.78 bits per heavy atom. The van der Waals surface area contributed by atoms with Crippen LogP contribution in [0.4, 0.5) is 5.69 Å². The second-order valence-corrected chi connectivity index (χ2v) is 7.30. The molecule has 0 aliphatic heterocycles. The molecule has 1 unspecified atom stereocenters. The Morgan fingerprint density at radius 1 is 1.13 bits per heavy atom. The van der Waals surface area contributed by atoms with Crippen LogP contribution in [-0.2, 0) is 14.6 Å². The number of nitrogens with two attached hydrogens (primary N) is 1. The molecule has 0 aliphatic rings. The average Bonchev–Trinajstić information content (AvgIpc) is 2.54. The van der Waals surface area contributed by atoms with Gasteiger partial charge in [-0.3, -0.25) is 4.79 Å². The lowest BCUT2D eigenvalue weighted by molar-refractivity contribution is -0.117. The molecule has 1 atom stereocenters. The highest BCUT2D eigenvalue weighted by atomic mass is 32.2. The topological polar surface area (TPSA) is 89.3 Å². The maximum atomic E-state index is 12.6. The predicted octanol–water partition coefficient (Wildman–Crippen LogP) is 2.50. The fraction of sp³-hybridized carbons (Fsp3) is 0.235. The van der Waals surface area contributed by atoms with Crippen LogP contribution in [0.25, 0.3) is 0 Å². The van der Waals surface area contributed by atoms with Crippen molar-refractivity contribution in [2.24, 2.45) is 5.73 Å². The van der Waals surface area contributed by atoms with Gasteiger partial charge in [0.05, 0.1) is 15.8 Å². The summed E-state index contributed by atoms with van der Waals surface area (Å²) in [6.45, 7) is 3.70. The van der Waals surface area contributed by atoms with E-state index in [9.17, 15) is 13.2 Å². The summed E-state index contributed by atoms with van der Waals surface area (Å²) in [7, 11) is -3.62. The van der Waals surface area contributed by atoms with Gasteiger partial charge in [-0.1, -0.05) is 30.7 Å². The summed E-state index contributed by atoms with van der Waals surface area (Å²) in [6.07, 6.45) is 0.507. The first-order chi connectivity index (χ1) is 10.8. The highest BCUT2D eigenvalue weighted by Gasteiger charge is 2.18. The van der Waals surface area contributed by atoms with Crippen LogP contribution in [0.3, 0.4) is 0 Å². The van der Waals surface area contributed by atoms with Gasteiger partial charge in [-0.15, -0.1) is 0 Å². The van der Waals surface area contributed by atoms with Gasteiger partial charge in [-0.25, -0.2) is 8.42 Å². The minimum absolute atomic E-state index is 0.129. The molecule has 6 heteroatoms. The molecule has 0 aromatic heterocycles. The molecule has 0 saturated heterocycles. The Kier molecular flexibility index (Phi) is 5.18. The molecule has 0 saturated carbocycles. The van der Waals surface area contributed by atoms with E-state index < -0.39 is 15.9 Å². The summed E-state index contributed by atoms with van der Waals surface area (Å²) in [5, 5.41) is 2.64. The van der Waals surface area contributed by atoms with E-state index >= 15 is 0 Å². The molecule has 0 bridgehead atoms. The summed E-state index contributed by atoms with van der Waals surface area (Å²) in [5.74, 6) is -0.336. The van der Waals surface area contributed by atoms with Gasteiger partial charge in [0.15, 0.2) is 0 Å². The van der Waals surface area contributed by atoms with Crippen LogP contribution >= 0.6 is 0 Å². The van der Waals surface area contributed by atoms with E-state index in [1.165, 1.54) is 12.1 Å². The van der Waals surface area contributed by atoms with Gasteiger partial charge in [-0.2, -0.15) is 0 Å². The standard InChI is InChI=1S/C17H20N2O3S/c1-3-16(18)17(20)19-13-5-4-6-15(11-13)23(21,22)14-9-7-12(2)8-10-14/h4-11,16H,3,18H2,1-2H3,(H,19,20). The largest absolute Gasteiger partial charge is 0.325 e. The first-order valence-corrected chi connectivity index (χ1v) is 8.81.